The molecule has 3 nitrogen and oxygen atoms in total. The summed E-state index contributed by atoms with van der Waals surface area (Å²) in [5.74, 6) is 1.94. The fraction of sp³-hybridized carbons (Fsp3) is 0.640. The quantitative estimate of drug-likeness (QED) is 0.699. The summed E-state index contributed by atoms with van der Waals surface area (Å²) in [5, 5.41) is 0. The summed E-state index contributed by atoms with van der Waals surface area (Å²) in [5.41, 5.74) is 5.24. The molecule has 1 saturated heterocycles. The molecule has 152 valence electrons. The molecule has 2 bridgehead atoms. The van der Waals surface area contributed by atoms with Crippen LogP contribution in [0.3, 0.4) is 0 Å². The first-order valence-corrected chi connectivity index (χ1v) is 11.1. The van der Waals surface area contributed by atoms with Gasteiger partial charge in [0, 0.05) is 33.4 Å². The minimum absolute atomic E-state index is 0. The van der Waals surface area contributed by atoms with E-state index in [1.165, 1.54) is 24.0 Å². The van der Waals surface area contributed by atoms with Gasteiger partial charge in [0.25, 0.3) is 0 Å². The highest BCUT2D eigenvalue weighted by molar-refractivity contribution is 5.74. The van der Waals surface area contributed by atoms with Gasteiger partial charge in [0.05, 0.1) is 0 Å². The minimum Gasteiger partial charge on any atom is -0.338 e. The van der Waals surface area contributed by atoms with Crippen LogP contribution in [0.2, 0.25) is 0 Å². The Kier molecular flexibility index (Phi) is 4.24. The first kappa shape index (κ1) is 18.4. The predicted octanol–water partition coefficient (Wildman–Crippen LogP) is 4.62. The highest BCUT2D eigenvalue weighted by atomic mass is 16.2. The molecule has 1 aromatic rings. The summed E-state index contributed by atoms with van der Waals surface area (Å²) in [7, 11) is 0. The van der Waals surface area contributed by atoms with Gasteiger partial charge in [0.15, 0.2) is 0 Å². The molecule has 0 radical (unpaired) electrons. The largest absolute Gasteiger partial charge is 0.338 e. The first-order chi connectivity index (χ1) is 13.4. The van der Waals surface area contributed by atoms with Crippen molar-refractivity contribution in [2.45, 2.75) is 58.4 Å². The molecule has 0 N–H and O–H groups in total. The number of nitrogens with zero attached hydrogens (tertiary/aromatic N) is 2. The van der Waals surface area contributed by atoms with Crippen LogP contribution in [0.4, 0.5) is 0 Å². The number of likely N-dealkylation sites (tertiary alicyclic amines) is 1. The molecule has 2 heterocycles. The Labute approximate surface area is 171 Å². The summed E-state index contributed by atoms with van der Waals surface area (Å²) in [6.45, 7) is 11.8. The van der Waals surface area contributed by atoms with Gasteiger partial charge in [-0.05, 0) is 67.2 Å². The molecule has 28 heavy (non-hydrogen) atoms. The lowest BCUT2D eigenvalue weighted by atomic mass is 9.49. The summed E-state index contributed by atoms with van der Waals surface area (Å²) < 4.78 is 0. The predicted molar refractivity (Wildman–Crippen MR) is 115 cm³/mol. The monoisotopic (exact) mass is 380 g/mol. The number of hydrogen-bond acceptors (Lipinski definition) is 2. The molecular formula is C25H36N2O. The molecular weight excluding hydrogens is 344 g/mol. The van der Waals surface area contributed by atoms with Crippen LogP contribution in [-0.4, -0.2) is 41.9 Å². The van der Waals surface area contributed by atoms with E-state index in [0.717, 1.165) is 57.4 Å². The van der Waals surface area contributed by atoms with E-state index in [2.05, 4.69) is 54.0 Å². The summed E-state index contributed by atoms with van der Waals surface area (Å²) in [6.07, 6.45) is 7.59. The van der Waals surface area contributed by atoms with Crippen molar-refractivity contribution in [2.75, 3.05) is 26.2 Å². The van der Waals surface area contributed by atoms with E-state index in [-0.39, 0.29) is 12.7 Å². The van der Waals surface area contributed by atoms with Gasteiger partial charge in [0.2, 0.25) is 5.91 Å². The molecule has 1 aromatic carbocycles. The zero-order valence-corrected chi connectivity index (χ0v) is 17.7. The third-order valence-electron chi connectivity index (χ3n) is 8.69. The summed E-state index contributed by atoms with van der Waals surface area (Å²) in [6, 6.07) is 8.84. The van der Waals surface area contributed by atoms with Crippen molar-refractivity contribution in [3.8, 4) is 0 Å². The van der Waals surface area contributed by atoms with Crippen molar-refractivity contribution in [3.63, 3.8) is 0 Å². The van der Waals surface area contributed by atoms with Crippen LogP contribution in [-0.2, 0) is 16.8 Å². The third-order valence-corrected chi connectivity index (χ3v) is 8.69. The number of allylic oxidation sites excluding steroid dienone is 1. The van der Waals surface area contributed by atoms with Gasteiger partial charge < -0.3 is 4.90 Å². The Morgan fingerprint density at radius 2 is 1.96 bits per heavy atom. The van der Waals surface area contributed by atoms with Crippen molar-refractivity contribution < 1.29 is 6.22 Å². The Balaban J connectivity index is 0.00000205. The van der Waals surface area contributed by atoms with Crippen molar-refractivity contribution in [2.24, 2.45) is 17.3 Å². The number of fused-ring (bicyclic) bond motifs is 3. The third kappa shape index (κ3) is 2.77. The molecule has 3 aliphatic carbocycles. The lowest BCUT2D eigenvalue weighted by molar-refractivity contribution is -0.131. The molecule has 1 spiro atoms. The Morgan fingerprint density at radius 1 is 1.21 bits per heavy atom. The average molecular weight is 381 g/mol. The molecule has 2 unspecified atom stereocenters. The van der Waals surface area contributed by atoms with Gasteiger partial charge >= 0.3 is 0 Å². The maximum Gasteiger partial charge on any atom is 0.219 e. The van der Waals surface area contributed by atoms with E-state index in [4.69, 9.17) is 0 Å². The topological polar surface area (TPSA) is 23.6 Å². The lowest BCUT2D eigenvalue weighted by Gasteiger charge is -2.57. The van der Waals surface area contributed by atoms with Crippen molar-refractivity contribution in [3.05, 3.63) is 47.0 Å². The van der Waals surface area contributed by atoms with Gasteiger partial charge in [0.1, 0.15) is 0 Å². The lowest BCUT2D eigenvalue weighted by Crippen LogP contribution is -2.54. The van der Waals surface area contributed by atoms with Crippen LogP contribution in [0.1, 0.15) is 59.0 Å². The van der Waals surface area contributed by atoms with E-state index in [1.807, 2.05) is 0 Å². The molecule has 5 aliphatic rings. The number of carbonyl (C=O) groups excluding carboxylic acids is 1. The molecule has 2 fully saturated rings. The normalized spacial score (nSPS) is 30.4. The maximum atomic E-state index is 12.2. The number of amides is 1. The van der Waals surface area contributed by atoms with Gasteiger partial charge in [-0.3, -0.25) is 9.69 Å². The minimum atomic E-state index is 0. The standard InChI is InChI=1S/C25H34N2O.H2/c1-18(28)27-16-19-6-4-5-7-22(19)25(17-27)10-12-26(13-11-25)15-20-8-9-21-14-23(20)24(21,2)3;/h4-8,21,23H,9-17H2,1-3H3;1H. The van der Waals surface area contributed by atoms with Gasteiger partial charge in [-0.2, -0.15) is 0 Å². The number of benzene rings is 1. The van der Waals surface area contributed by atoms with Crippen molar-refractivity contribution in [1.29, 1.82) is 0 Å². The van der Waals surface area contributed by atoms with E-state index in [9.17, 15) is 4.79 Å². The second-order valence-corrected chi connectivity index (χ2v) is 10.4. The van der Waals surface area contributed by atoms with Crippen molar-refractivity contribution in [1.82, 2.24) is 9.80 Å². The molecule has 3 heteroatoms. The van der Waals surface area contributed by atoms with Crippen LogP contribution < -0.4 is 0 Å². The SMILES string of the molecule is CC(=O)N1Cc2ccccc2C2(CCN(CC3=CCC4CC3C4(C)C)CC2)C1.[HH]. The molecule has 1 amide bonds. The smallest absolute Gasteiger partial charge is 0.219 e. The van der Waals surface area contributed by atoms with Crippen LogP contribution in [0.25, 0.3) is 0 Å². The Morgan fingerprint density at radius 3 is 2.64 bits per heavy atom. The fourth-order valence-corrected chi connectivity index (χ4v) is 6.59. The Bertz CT molecular complexity index is 822. The van der Waals surface area contributed by atoms with Gasteiger partial charge in [-0.25, -0.2) is 0 Å². The maximum absolute atomic E-state index is 12.2. The van der Waals surface area contributed by atoms with E-state index >= 15 is 0 Å². The number of rotatable bonds is 2. The van der Waals surface area contributed by atoms with Crippen molar-refractivity contribution >= 4 is 5.91 Å². The molecule has 1 saturated carbocycles. The van der Waals surface area contributed by atoms with E-state index in [0.29, 0.717) is 5.41 Å². The zero-order chi connectivity index (χ0) is 19.5. The van der Waals surface area contributed by atoms with Crippen LogP contribution >= 0.6 is 0 Å². The Hall–Kier alpha value is -1.61. The van der Waals surface area contributed by atoms with Gasteiger partial charge in [-0.1, -0.05) is 49.8 Å². The first-order valence-electron chi connectivity index (χ1n) is 11.1. The summed E-state index contributed by atoms with van der Waals surface area (Å²) >= 11 is 0. The summed E-state index contributed by atoms with van der Waals surface area (Å²) in [4.78, 5) is 16.9. The van der Waals surface area contributed by atoms with Crippen LogP contribution in [0, 0.1) is 17.3 Å². The number of carbonyl (C=O) groups is 1. The molecule has 0 aromatic heterocycles. The van der Waals surface area contributed by atoms with E-state index in [1.54, 1.807) is 12.5 Å². The molecule has 2 atom stereocenters. The van der Waals surface area contributed by atoms with E-state index < -0.39 is 0 Å². The molecule has 6 rings (SSSR count). The zero-order valence-electron chi connectivity index (χ0n) is 17.7. The number of piperidine rings is 1. The van der Waals surface area contributed by atoms with Crippen LogP contribution in [0.5, 0.6) is 0 Å². The average Bonchev–Trinajstić information content (AvgIpc) is 2.70. The molecule has 2 aliphatic heterocycles. The highest BCUT2D eigenvalue weighted by Crippen LogP contribution is 2.59. The number of hydrogen-bond donors (Lipinski definition) is 0. The second kappa shape index (κ2) is 6.45. The van der Waals surface area contributed by atoms with Crippen LogP contribution in [0.15, 0.2) is 35.9 Å². The highest BCUT2D eigenvalue weighted by Gasteiger charge is 2.51. The fourth-order valence-electron chi connectivity index (χ4n) is 6.59. The van der Waals surface area contributed by atoms with Gasteiger partial charge in [-0.15, -0.1) is 0 Å². The second-order valence-electron chi connectivity index (χ2n) is 10.4.